The highest BCUT2D eigenvalue weighted by Gasteiger charge is 2.33. The number of rotatable bonds is 2. The number of carbonyl (C=O) groups is 1. The molecule has 2 aromatic rings. The molecule has 0 aromatic carbocycles. The van der Waals surface area contributed by atoms with E-state index in [1.807, 2.05) is 20.8 Å². The second-order valence-electron chi connectivity index (χ2n) is 6.65. The average molecular weight is 319 g/mol. The van der Waals surface area contributed by atoms with Gasteiger partial charge in [-0.05, 0) is 20.8 Å². The quantitative estimate of drug-likeness (QED) is 0.787. The Bertz CT molecular complexity index is 807. The largest absolute Gasteiger partial charge is 0.369 e. The Morgan fingerprint density at radius 1 is 1.48 bits per heavy atom. The number of carbonyl (C=O) groups excluding carboxylic acids is 1. The summed E-state index contributed by atoms with van der Waals surface area (Å²) in [5.74, 6) is -0.111. The summed E-state index contributed by atoms with van der Waals surface area (Å²) >= 11 is 0. The van der Waals surface area contributed by atoms with Gasteiger partial charge in [-0.15, -0.1) is 0 Å². The zero-order chi connectivity index (χ0) is 16.8. The zero-order valence-corrected chi connectivity index (χ0v) is 13.8. The van der Waals surface area contributed by atoms with Crippen molar-refractivity contribution in [2.75, 3.05) is 13.1 Å². The molecule has 1 fully saturated rings. The van der Waals surface area contributed by atoms with E-state index in [1.54, 1.807) is 11.9 Å². The Labute approximate surface area is 133 Å². The summed E-state index contributed by atoms with van der Waals surface area (Å²) in [6.45, 7) is 6.86. The highest BCUT2D eigenvalue weighted by atomic mass is 16.5. The molecule has 2 aromatic heterocycles. The third-order valence-corrected chi connectivity index (χ3v) is 3.95. The first-order chi connectivity index (χ1) is 10.8. The Kier molecular flexibility index (Phi) is 3.71. The minimum absolute atomic E-state index is 0.0283. The van der Waals surface area contributed by atoms with Crippen LogP contribution >= 0.6 is 0 Å². The first-order valence-corrected chi connectivity index (χ1v) is 7.59. The van der Waals surface area contributed by atoms with E-state index in [-0.39, 0.29) is 29.7 Å². The zero-order valence-electron chi connectivity index (χ0n) is 13.8. The number of fused-ring (bicyclic) bond motifs is 1. The van der Waals surface area contributed by atoms with Crippen molar-refractivity contribution in [1.29, 1.82) is 0 Å². The lowest BCUT2D eigenvalue weighted by Crippen LogP contribution is -2.54. The molecule has 0 N–H and O–H groups in total. The molecule has 1 aliphatic heterocycles. The smallest absolute Gasteiger partial charge is 0.264 e. The van der Waals surface area contributed by atoms with Crippen LogP contribution in [0.1, 0.15) is 20.8 Å². The van der Waals surface area contributed by atoms with Gasteiger partial charge < -0.3 is 9.64 Å². The van der Waals surface area contributed by atoms with Gasteiger partial charge in [0.05, 0.1) is 17.9 Å². The van der Waals surface area contributed by atoms with Gasteiger partial charge in [0, 0.05) is 20.1 Å². The van der Waals surface area contributed by atoms with Gasteiger partial charge in [0.2, 0.25) is 5.91 Å². The summed E-state index contributed by atoms with van der Waals surface area (Å²) < 4.78 is 8.67. The molecule has 1 aliphatic rings. The molecular weight excluding hydrogens is 298 g/mol. The standard InChI is InChI=1S/C15H21N5O3/c1-10-6-19(8-15(2,3)23-10)12(21)7-20-9-16-13-11(14(20)22)5-17-18(13)4/h5,9-10H,6-8H2,1-4H3/t10-/m1/s1. The van der Waals surface area contributed by atoms with Gasteiger partial charge in [-0.3, -0.25) is 18.8 Å². The van der Waals surface area contributed by atoms with Crippen LogP contribution in [0.25, 0.3) is 11.0 Å². The third-order valence-electron chi connectivity index (χ3n) is 3.95. The molecule has 0 spiro atoms. The molecule has 3 rings (SSSR count). The second-order valence-corrected chi connectivity index (χ2v) is 6.65. The molecule has 8 heteroatoms. The Morgan fingerprint density at radius 3 is 2.91 bits per heavy atom. The van der Waals surface area contributed by atoms with Gasteiger partial charge in [0.15, 0.2) is 5.65 Å². The van der Waals surface area contributed by atoms with Crippen molar-refractivity contribution < 1.29 is 9.53 Å². The topological polar surface area (TPSA) is 82.3 Å². The van der Waals surface area contributed by atoms with Crippen molar-refractivity contribution in [2.45, 2.75) is 39.0 Å². The van der Waals surface area contributed by atoms with Crippen molar-refractivity contribution in [3.05, 3.63) is 22.9 Å². The van der Waals surface area contributed by atoms with Crippen molar-refractivity contribution >= 4 is 16.9 Å². The summed E-state index contributed by atoms with van der Waals surface area (Å²) in [6.07, 6.45) is 2.85. The molecule has 0 radical (unpaired) electrons. The number of aryl methyl sites for hydroxylation is 1. The minimum atomic E-state index is -0.385. The molecule has 0 bridgehead atoms. The van der Waals surface area contributed by atoms with E-state index >= 15 is 0 Å². The molecule has 124 valence electrons. The van der Waals surface area contributed by atoms with Crippen LogP contribution in [0.5, 0.6) is 0 Å². The van der Waals surface area contributed by atoms with E-state index in [9.17, 15) is 9.59 Å². The van der Waals surface area contributed by atoms with E-state index < -0.39 is 0 Å². The number of nitrogens with zero attached hydrogens (tertiary/aromatic N) is 5. The molecule has 0 saturated carbocycles. The van der Waals surface area contributed by atoms with Crippen LogP contribution < -0.4 is 5.56 Å². The molecule has 3 heterocycles. The summed E-state index contributed by atoms with van der Waals surface area (Å²) in [4.78, 5) is 30.9. The Morgan fingerprint density at radius 2 is 2.22 bits per heavy atom. The summed E-state index contributed by atoms with van der Waals surface area (Å²) in [7, 11) is 1.72. The van der Waals surface area contributed by atoms with Crippen LogP contribution in [-0.4, -0.2) is 54.9 Å². The van der Waals surface area contributed by atoms with Crippen molar-refractivity contribution in [1.82, 2.24) is 24.2 Å². The van der Waals surface area contributed by atoms with Gasteiger partial charge >= 0.3 is 0 Å². The van der Waals surface area contributed by atoms with E-state index in [2.05, 4.69) is 10.1 Å². The SMILES string of the molecule is C[C@@H]1CN(C(=O)Cn2cnc3c(cnn3C)c2=O)CC(C)(C)O1. The van der Waals surface area contributed by atoms with Crippen molar-refractivity contribution in [3.63, 3.8) is 0 Å². The van der Waals surface area contributed by atoms with E-state index in [0.29, 0.717) is 24.1 Å². The van der Waals surface area contributed by atoms with E-state index in [0.717, 1.165) is 0 Å². The van der Waals surface area contributed by atoms with Gasteiger partial charge in [-0.1, -0.05) is 0 Å². The number of morpholine rings is 1. The van der Waals surface area contributed by atoms with E-state index in [4.69, 9.17) is 4.74 Å². The fourth-order valence-corrected chi connectivity index (χ4v) is 3.07. The fraction of sp³-hybridized carbons (Fsp3) is 0.600. The number of ether oxygens (including phenoxy) is 1. The van der Waals surface area contributed by atoms with Gasteiger partial charge in [-0.2, -0.15) is 5.10 Å². The molecule has 1 amide bonds. The van der Waals surface area contributed by atoms with Gasteiger partial charge in [0.1, 0.15) is 18.3 Å². The van der Waals surface area contributed by atoms with Crippen LogP contribution in [0, 0.1) is 0 Å². The Hall–Kier alpha value is -2.22. The Balaban J connectivity index is 1.83. The van der Waals surface area contributed by atoms with Crippen molar-refractivity contribution in [2.24, 2.45) is 7.05 Å². The normalized spacial score (nSPS) is 20.9. The van der Waals surface area contributed by atoms with Crippen LogP contribution in [0.2, 0.25) is 0 Å². The molecule has 1 saturated heterocycles. The van der Waals surface area contributed by atoms with Gasteiger partial charge in [0.25, 0.3) is 5.56 Å². The number of hydrogen-bond acceptors (Lipinski definition) is 5. The molecular formula is C15H21N5O3. The summed E-state index contributed by atoms with van der Waals surface area (Å²) in [5, 5.41) is 4.44. The van der Waals surface area contributed by atoms with Crippen LogP contribution in [0.3, 0.4) is 0 Å². The number of hydrogen-bond donors (Lipinski definition) is 0. The van der Waals surface area contributed by atoms with Crippen molar-refractivity contribution in [3.8, 4) is 0 Å². The predicted octanol–water partition coefficient (Wildman–Crippen LogP) is 0.156. The molecule has 0 unspecified atom stereocenters. The first-order valence-electron chi connectivity index (χ1n) is 7.59. The van der Waals surface area contributed by atoms with Gasteiger partial charge in [-0.25, -0.2) is 4.98 Å². The molecule has 0 aliphatic carbocycles. The lowest BCUT2D eigenvalue weighted by Gasteiger charge is -2.41. The monoisotopic (exact) mass is 319 g/mol. The summed E-state index contributed by atoms with van der Waals surface area (Å²) in [6, 6.07) is 0. The highest BCUT2D eigenvalue weighted by Crippen LogP contribution is 2.20. The number of aromatic nitrogens is 4. The maximum absolute atomic E-state index is 12.6. The second kappa shape index (κ2) is 5.45. The van der Waals surface area contributed by atoms with Crippen LogP contribution in [0.15, 0.2) is 17.3 Å². The van der Waals surface area contributed by atoms with E-state index in [1.165, 1.54) is 21.8 Å². The van der Waals surface area contributed by atoms with Crippen LogP contribution in [-0.2, 0) is 23.1 Å². The average Bonchev–Trinajstić information content (AvgIpc) is 2.82. The molecule has 8 nitrogen and oxygen atoms in total. The first kappa shape index (κ1) is 15.7. The lowest BCUT2D eigenvalue weighted by atomic mass is 10.1. The summed E-state index contributed by atoms with van der Waals surface area (Å²) in [5.41, 5.74) is -0.124. The maximum atomic E-state index is 12.6. The third kappa shape index (κ3) is 2.98. The lowest BCUT2D eigenvalue weighted by molar-refractivity contribution is -0.158. The fourth-order valence-electron chi connectivity index (χ4n) is 3.07. The maximum Gasteiger partial charge on any atom is 0.264 e. The minimum Gasteiger partial charge on any atom is -0.369 e. The predicted molar refractivity (Wildman–Crippen MR) is 84.0 cm³/mol. The molecule has 1 atom stereocenters. The van der Waals surface area contributed by atoms with Crippen LogP contribution in [0.4, 0.5) is 0 Å². The highest BCUT2D eigenvalue weighted by molar-refractivity contribution is 5.77. The molecule has 23 heavy (non-hydrogen) atoms. The number of amides is 1.